The van der Waals surface area contributed by atoms with Crippen LogP contribution in [0.3, 0.4) is 0 Å². The number of hydrogen-bond acceptors (Lipinski definition) is 3. The lowest BCUT2D eigenvalue weighted by molar-refractivity contribution is -0.670. The molecule has 0 amide bonds. The van der Waals surface area contributed by atoms with Crippen LogP contribution < -0.4 is 10.3 Å². The van der Waals surface area contributed by atoms with Gasteiger partial charge in [-0.15, -0.1) is 5.11 Å². The molecule has 0 spiro atoms. The average molecular weight is 213 g/mol. The Morgan fingerprint density at radius 1 is 1.00 bits per heavy atom. The van der Waals surface area contributed by atoms with Crippen LogP contribution in [0.2, 0.25) is 0 Å². The van der Waals surface area contributed by atoms with Crippen molar-refractivity contribution >= 4 is 17.1 Å². The molecule has 1 aromatic carbocycles. The van der Waals surface area contributed by atoms with E-state index in [1.807, 2.05) is 48.3 Å². The molecule has 2 rings (SSSR count). The number of nitrogen functional groups attached to an aromatic ring is 1. The first-order chi connectivity index (χ1) is 7.74. The number of anilines is 1. The molecular weight excluding hydrogens is 200 g/mol. The Bertz CT molecular complexity index is 503. The molecule has 4 heteroatoms. The molecule has 0 saturated heterocycles. The minimum absolute atomic E-state index is 0.727. The van der Waals surface area contributed by atoms with Crippen LogP contribution in [0.1, 0.15) is 0 Å². The molecule has 0 saturated carbocycles. The second-order valence-corrected chi connectivity index (χ2v) is 3.52. The summed E-state index contributed by atoms with van der Waals surface area (Å²) in [5.41, 5.74) is 7.92. The van der Waals surface area contributed by atoms with E-state index in [-0.39, 0.29) is 0 Å². The van der Waals surface area contributed by atoms with E-state index in [1.54, 1.807) is 12.1 Å². The maximum atomic E-state index is 5.58. The zero-order valence-electron chi connectivity index (χ0n) is 9.04. The van der Waals surface area contributed by atoms with Crippen LogP contribution in [0.15, 0.2) is 59.0 Å². The van der Waals surface area contributed by atoms with Crippen LogP contribution in [0, 0.1) is 0 Å². The van der Waals surface area contributed by atoms with Gasteiger partial charge in [0, 0.05) is 11.8 Å². The number of benzene rings is 1. The molecule has 4 nitrogen and oxygen atoms in total. The Morgan fingerprint density at radius 3 is 2.38 bits per heavy atom. The number of aromatic nitrogens is 1. The molecule has 2 aromatic rings. The van der Waals surface area contributed by atoms with E-state index < -0.39 is 0 Å². The van der Waals surface area contributed by atoms with E-state index >= 15 is 0 Å². The molecule has 0 unspecified atom stereocenters. The number of nitrogens with two attached hydrogens (primary N) is 1. The quantitative estimate of drug-likeness (QED) is 0.465. The topological polar surface area (TPSA) is 54.6 Å². The Hall–Kier alpha value is -2.23. The number of azo groups is 1. The lowest BCUT2D eigenvalue weighted by Crippen LogP contribution is -2.25. The van der Waals surface area contributed by atoms with Crippen molar-refractivity contribution in [2.75, 3.05) is 5.73 Å². The predicted octanol–water partition coefficient (Wildman–Crippen LogP) is 2.51. The van der Waals surface area contributed by atoms with Crippen molar-refractivity contribution in [3.05, 3.63) is 48.8 Å². The van der Waals surface area contributed by atoms with Gasteiger partial charge in [-0.2, -0.15) is 5.11 Å². The molecular formula is C12H13N4+. The van der Waals surface area contributed by atoms with Gasteiger partial charge >= 0.3 is 0 Å². The fraction of sp³-hybridized carbons (Fsp3) is 0.0833. The highest BCUT2D eigenvalue weighted by Gasteiger charge is 1.95. The third-order valence-electron chi connectivity index (χ3n) is 2.10. The smallest absolute Gasteiger partial charge is 0.196 e. The van der Waals surface area contributed by atoms with Gasteiger partial charge in [0.1, 0.15) is 12.7 Å². The summed E-state index contributed by atoms with van der Waals surface area (Å²) in [6.45, 7) is 0. The molecule has 1 aromatic heterocycles. The molecule has 0 aliphatic heterocycles. The van der Waals surface area contributed by atoms with Crippen molar-refractivity contribution in [2.45, 2.75) is 0 Å². The third-order valence-corrected chi connectivity index (χ3v) is 2.10. The van der Waals surface area contributed by atoms with Crippen LogP contribution in [0.5, 0.6) is 0 Å². The van der Waals surface area contributed by atoms with Gasteiger partial charge in [-0.3, -0.25) is 0 Å². The fourth-order valence-electron chi connectivity index (χ4n) is 1.29. The Morgan fingerprint density at radius 2 is 1.69 bits per heavy atom. The molecule has 0 fully saturated rings. The highest BCUT2D eigenvalue weighted by Crippen LogP contribution is 2.17. The molecule has 0 atom stereocenters. The first-order valence-corrected chi connectivity index (χ1v) is 4.96. The summed E-state index contributed by atoms with van der Waals surface area (Å²) < 4.78 is 1.93. The van der Waals surface area contributed by atoms with Crippen LogP contribution >= 0.6 is 0 Å². The standard InChI is InChI=1S/C12H13N4/c1-16-8-2-3-12(9-16)15-14-11-6-4-10(13)5-7-11/h2-9H,13H2,1H3/q+1. The predicted molar refractivity (Wildman–Crippen MR) is 62.6 cm³/mol. The van der Waals surface area contributed by atoms with Gasteiger partial charge < -0.3 is 5.73 Å². The second-order valence-electron chi connectivity index (χ2n) is 3.52. The van der Waals surface area contributed by atoms with E-state index in [0.29, 0.717) is 0 Å². The molecule has 2 N–H and O–H groups in total. The van der Waals surface area contributed by atoms with E-state index in [9.17, 15) is 0 Å². The van der Waals surface area contributed by atoms with Crippen molar-refractivity contribution in [3.8, 4) is 0 Å². The van der Waals surface area contributed by atoms with Crippen molar-refractivity contribution in [1.82, 2.24) is 0 Å². The summed E-state index contributed by atoms with van der Waals surface area (Å²) in [5, 5.41) is 8.25. The molecule has 80 valence electrons. The van der Waals surface area contributed by atoms with Gasteiger partial charge in [0.25, 0.3) is 0 Å². The van der Waals surface area contributed by atoms with E-state index in [0.717, 1.165) is 17.1 Å². The minimum Gasteiger partial charge on any atom is -0.399 e. The molecule has 0 radical (unpaired) electrons. The van der Waals surface area contributed by atoms with E-state index in [1.165, 1.54) is 0 Å². The van der Waals surface area contributed by atoms with Crippen molar-refractivity contribution in [2.24, 2.45) is 17.3 Å². The number of nitrogens with zero attached hydrogens (tertiary/aromatic N) is 3. The van der Waals surface area contributed by atoms with Gasteiger partial charge in [-0.1, -0.05) is 0 Å². The Balaban J connectivity index is 2.18. The molecule has 0 aliphatic carbocycles. The first kappa shape index (κ1) is 10.3. The number of rotatable bonds is 2. The van der Waals surface area contributed by atoms with Crippen molar-refractivity contribution in [3.63, 3.8) is 0 Å². The van der Waals surface area contributed by atoms with Crippen molar-refractivity contribution < 1.29 is 4.57 Å². The summed E-state index contributed by atoms with van der Waals surface area (Å²) >= 11 is 0. The summed E-state index contributed by atoms with van der Waals surface area (Å²) in [4.78, 5) is 0. The van der Waals surface area contributed by atoms with Gasteiger partial charge in [0.2, 0.25) is 0 Å². The SMILES string of the molecule is C[n+]1cccc(N=Nc2ccc(N)cc2)c1. The molecule has 0 aliphatic rings. The van der Waals surface area contributed by atoms with Crippen LogP contribution in [0.4, 0.5) is 17.1 Å². The lowest BCUT2D eigenvalue weighted by atomic mass is 10.3. The van der Waals surface area contributed by atoms with Crippen LogP contribution in [-0.2, 0) is 7.05 Å². The number of pyridine rings is 1. The highest BCUT2D eigenvalue weighted by molar-refractivity contribution is 5.47. The number of hydrogen-bond donors (Lipinski definition) is 1. The van der Waals surface area contributed by atoms with Crippen molar-refractivity contribution in [1.29, 1.82) is 0 Å². The first-order valence-electron chi connectivity index (χ1n) is 4.96. The second kappa shape index (κ2) is 4.53. The van der Waals surface area contributed by atoms with Crippen LogP contribution in [0.25, 0.3) is 0 Å². The van der Waals surface area contributed by atoms with E-state index in [2.05, 4.69) is 10.2 Å². The zero-order chi connectivity index (χ0) is 11.4. The largest absolute Gasteiger partial charge is 0.399 e. The highest BCUT2D eigenvalue weighted by atomic mass is 15.1. The van der Waals surface area contributed by atoms with Gasteiger partial charge in [0.15, 0.2) is 12.4 Å². The normalized spacial score (nSPS) is 10.8. The Kier molecular flexibility index (Phi) is 2.91. The summed E-state index contributed by atoms with van der Waals surface area (Å²) in [6, 6.07) is 11.1. The monoisotopic (exact) mass is 213 g/mol. The lowest BCUT2D eigenvalue weighted by Gasteiger charge is -1.93. The zero-order valence-corrected chi connectivity index (χ0v) is 9.04. The summed E-state index contributed by atoms with van der Waals surface area (Å²) in [7, 11) is 1.95. The van der Waals surface area contributed by atoms with Gasteiger partial charge in [-0.25, -0.2) is 4.57 Å². The minimum atomic E-state index is 0.727. The van der Waals surface area contributed by atoms with E-state index in [4.69, 9.17) is 5.73 Å². The number of aryl methyl sites for hydroxylation is 1. The summed E-state index contributed by atoms with van der Waals surface area (Å²) in [5.74, 6) is 0. The third kappa shape index (κ3) is 2.63. The average Bonchev–Trinajstić information content (AvgIpc) is 2.28. The van der Waals surface area contributed by atoms with Gasteiger partial charge in [-0.05, 0) is 30.3 Å². The maximum absolute atomic E-state index is 5.58. The molecule has 16 heavy (non-hydrogen) atoms. The van der Waals surface area contributed by atoms with Crippen LogP contribution in [-0.4, -0.2) is 0 Å². The Labute approximate surface area is 94.1 Å². The summed E-state index contributed by atoms with van der Waals surface area (Å²) in [6.07, 6.45) is 3.85. The van der Waals surface area contributed by atoms with Gasteiger partial charge in [0.05, 0.1) is 5.69 Å². The molecule has 1 heterocycles. The maximum Gasteiger partial charge on any atom is 0.196 e. The fourth-order valence-corrected chi connectivity index (χ4v) is 1.29. The molecule has 0 bridgehead atoms.